The largest absolute Gasteiger partial charge is 0.392 e. The lowest BCUT2D eigenvalue weighted by atomic mass is 9.97. The molecule has 0 radical (unpaired) electrons. The molecule has 1 aliphatic rings. The Kier molecular flexibility index (Phi) is 2.41. The lowest BCUT2D eigenvalue weighted by molar-refractivity contribution is -0.179. The Morgan fingerprint density at radius 3 is 2.73 bits per heavy atom. The fraction of sp³-hybridized carbons (Fsp3) is 0.750. The molecule has 2 heterocycles. The van der Waals surface area contributed by atoms with E-state index in [-0.39, 0.29) is 19.4 Å². The zero-order chi connectivity index (χ0) is 11.1. The summed E-state index contributed by atoms with van der Waals surface area (Å²) in [5.74, 6) is -0.338. The van der Waals surface area contributed by atoms with E-state index in [4.69, 9.17) is 5.73 Å². The van der Waals surface area contributed by atoms with E-state index in [1.165, 1.54) is 0 Å². The van der Waals surface area contributed by atoms with Crippen molar-refractivity contribution < 1.29 is 13.2 Å². The fourth-order valence-electron chi connectivity index (χ4n) is 1.82. The van der Waals surface area contributed by atoms with E-state index < -0.39 is 12.1 Å². The van der Waals surface area contributed by atoms with Gasteiger partial charge in [0.2, 0.25) is 0 Å². The van der Waals surface area contributed by atoms with E-state index in [1.54, 1.807) is 4.57 Å². The molecule has 1 aromatic heterocycles. The minimum atomic E-state index is -4.14. The van der Waals surface area contributed by atoms with Crippen LogP contribution in [0.4, 0.5) is 13.2 Å². The maximum absolute atomic E-state index is 12.4. The molecule has 0 spiro atoms. The van der Waals surface area contributed by atoms with Gasteiger partial charge in [-0.15, -0.1) is 10.2 Å². The maximum atomic E-state index is 12.4. The Hall–Kier alpha value is -1.11. The number of hydrogen-bond acceptors (Lipinski definition) is 3. The molecule has 0 saturated heterocycles. The summed E-state index contributed by atoms with van der Waals surface area (Å²) in [6.45, 7) is 0.517. The third-order valence-corrected chi connectivity index (χ3v) is 2.68. The number of halogens is 3. The molecule has 0 aromatic carbocycles. The first-order chi connectivity index (χ1) is 7.02. The number of rotatable bonds is 1. The Morgan fingerprint density at radius 1 is 1.40 bits per heavy atom. The van der Waals surface area contributed by atoms with Gasteiger partial charge in [-0.1, -0.05) is 0 Å². The number of fused-ring (bicyclic) bond motifs is 1. The summed E-state index contributed by atoms with van der Waals surface area (Å²) in [5, 5.41) is 7.48. The van der Waals surface area contributed by atoms with Gasteiger partial charge in [0.15, 0.2) is 0 Å². The highest BCUT2D eigenvalue weighted by Gasteiger charge is 2.42. The van der Waals surface area contributed by atoms with Crippen LogP contribution in [0.25, 0.3) is 0 Å². The predicted molar refractivity (Wildman–Crippen MR) is 45.8 cm³/mol. The molecule has 0 bridgehead atoms. The van der Waals surface area contributed by atoms with Gasteiger partial charge in [0, 0.05) is 13.0 Å². The molecule has 0 unspecified atom stereocenters. The molecule has 7 heteroatoms. The van der Waals surface area contributed by atoms with Crippen LogP contribution in [0.15, 0.2) is 0 Å². The highest BCUT2D eigenvalue weighted by atomic mass is 19.4. The Bertz CT molecular complexity index is 357. The summed E-state index contributed by atoms with van der Waals surface area (Å²) in [5.41, 5.74) is 5.39. The van der Waals surface area contributed by atoms with Crippen molar-refractivity contribution in [3.63, 3.8) is 0 Å². The molecule has 84 valence electrons. The molecule has 0 saturated carbocycles. The zero-order valence-electron chi connectivity index (χ0n) is 7.96. The van der Waals surface area contributed by atoms with Gasteiger partial charge < -0.3 is 10.3 Å². The van der Waals surface area contributed by atoms with Gasteiger partial charge in [0.25, 0.3) is 0 Å². The van der Waals surface area contributed by atoms with E-state index in [0.29, 0.717) is 18.2 Å². The number of nitrogens with zero attached hydrogens (tertiary/aromatic N) is 3. The van der Waals surface area contributed by atoms with Crippen molar-refractivity contribution in [2.45, 2.75) is 32.1 Å². The molecular formula is C8H11F3N4. The molecule has 2 N–H and O–H groups in total. The van der Waals surface area contributed by atoms with Crippen LogP contribution in [0.3, 0.4) is 0 Å². The summed E-state index contributed by atoms with van der Waals surface area (Å²) in [7, 11) is 0. The first-order valence-electron chi connectivity index (χ1n) is 4.70. The number of nitrogens with two attached hydrogens (primary N) is 1. The third-order valence-electron chi connectivity index (χ3n) is 2.68. The Labute approximate surface area is 84.3 Å². The minimum Gasteiger partial charge on any atom is -0.324 e. The average molecular weight is 220 g/mol. The van der Waals surface area contributed by atoms with Crippen LogP contribution >= 0.6 is 0 Å². The molecule has 15 heavy (non-hydrogen) atoms. The quantitative estimate of drug-likeness (QED) is 0.763. The van der Waals surface area contributed by atoms with E-state index in [1.807, 2.05) is 0 Å². The summed E-state index contributed by atoms with van der Waals surface area (Å²) in [6, 6.07) is 0. The molecule has 1 atom stereocenters. The van der Waals surface area contributed by atoms with Crippen molar-refractivity contribution in [1.82, 2.24) is 14.8 Å². The molecular weight excluding hydrogens is 209 g/mol. The van der Waals surface area contributed by atoms with Crippen LogP contribution in [0.5, 0.6) is 0 Å². The average Bonchev–Trinajstić information content (AvgIpc) is 2.58. The standard InChI is InChI=1S/C8H11F3N4/c9-8(10,11)5-1-2-15-6(3-5)13-14-7(15)4-12/h5H,1-4,12H2/t5-/m1/s1. The van der Waals surface area contributed by atoms with E-state index in [0.717, 1.165) is 0 Å². The van der Waals surface area contributed by atoms with Crippen LogP contribution in [0.1, 0.15) is 18.1 Å². The van der Waals surface area contributed by atoms with Crippen LogP contribution in [-0.2, 0) is 19.5 Å². The molecule has 1 aliphatic heterocycles. The van der Waals surface area contributed by atoms with Gasteiger partial charge in [-0.2, -0.15) is 13.2 Å². The van der Waals surface area contributed by atoms with Crippen molar-refractivity contribution in [3.05, 3.63) is 11.6 Å². The van der Waals surface area contributed by atoms with E-state index >= 15 is 0 Å². The van der Waals surface area contributed by atoms with Crippen molar-refractivity contribution in [1.29, 1.82) is 0 Å². The molecule has 2 rings (SSSR count). The lowest BCUT2D eigenvalue weighted by Crippen LogP contribution is -2.31. The van der Waals surface area contributed by atoms with Crippen LogP contribution < -0.4 is 5.73 Å². The first-order valence-corrected chi connectivity index (χ1v) is 4.70. The van der Waals surface area contributed by atoms with Crippen molar-refractivity contribution in [3.8, 4) is 0 Å². The van der Waals surface area contributed by atoms with Crippen LogP contribution in [-0.4, -0.2) is 20.9 Å². The predicted octanol–water partition coefficient (Wildman–Crippen LogP) is 0.861. The van der Waals surface area contributed by atoms with Gasteiger partial charge in [-0.3, -0.25) is 0 Å². The number of alkyl halides is 3. The molecule has 0 aliphatic carbocycles. The zero-order valence-corrected chi connectivity index (χ0v) is 7.96. The second-order valence-corrected chi connectivity index (χ2v) is 3.62. The van der Waals surface area contributed by atoms with Crippen LogP contribution in [0, 0.1) is 5.92 Å². The first kappa shape index (κ1) is 10.4. The van der Waals surface area contributed by atoms with E-state index in [2.05, 4.69) is 10.2 Å². The lowest BCUT2D eigenvalue weighted by Gasteiger charge is -2.25. The smallest absolute Gasteiger partial charge is 0.324 e. The third kappa shape index (κ3) is 1.83. The van der Waals surface area contributed by atoms with Gasteiger partial charge >= 0.3 is 6.18 Å². The van der Waals surface area contributed by atoms with E-state index in [9.17, 15) is 13.2 Å². The molecule has 0 fully saturated rings. The van der Waals surface area contributed by atoms with Crippen molar-refractivity contribution >= 4 is 0 Å². The summed E-state index contributed by atoms with van der Waals surface area (Å²) < 4.78 is 39.0. The topological polar surface area (TPSA) is 56.7 Å². The highest BCUT2D eigenvalue weighted by Crippen LogP contribution is 2.34. The second-order valence-electron chi connectivity index (χ2n) is 3.62. The maximum Gasteiger partial charge on any atom is 0.392 e. The summed E-state index contributed by atoms with van der Waals surface area (Å²) in [6.07, 6.45) is -4.14. The number of hydrogen-bond donors (Lipinski definition) is 1. The summed E-state index contributed by atoms with van der Waals surface area (Å²) in [4.78, 5) is 0. The monoisotopic (exact) mass is 220 g/mol. The minimum absolute atomic E-state index is 0.0849. The van der Waals surface area contributed by atoms with Gasteiger partial charge in [0.1, 0.15) is 11.6 Å². The Balaban J connectivity index is 2.21. The van der Waals surface area contributed by atoms with Crippen molar-refractivity contribution in [2.24, 2.45) is 11.7 Å². The van der Waals surface area contributed by atoms with Gasteiger partial charge in [-0.25, -0.2) is 0 Å². The van der Waals surface area contributed by atoms with Gasteiger partial charge in [-0.05, 0) is 6.42 Å². The highest BCUT2D eigenvalue weighted by molar-refractivity contribution is 5.01. The second kappa shape index (κ2) is 3.48. The fourth-order valence-corrected chi connectivity index (χ4v) is 1.82. The normalized spacial score (nSPS) is 21.5. The molecule has 4 nitrogen and oxygen atoms in total. The SMILES string of the molecule is NCc1nnc2n1CC[C@@H](C(F)(F)F)C2. The molecule has 1 aromatic rings. The van der Waals surface area contributed by atoms with Crippen molar-refractivity contribution in [2.75, 3.05) is 0 Å². The number of aromatic nitrogens is 3. The summed E-state index contributed by atoms with van der Waals surface area (Å²) >= 11 is 0. The molecule has 0 amide bonds. The Morgan fingerprint density at radius 2 is 2.13 bits per heavy atom. The van der Waals surface area contributed by atoms with Crippen LogP contribution in [0.2, 0.25) is 0 Å². The van der Waals surface area contributed by atoms with Gasteiger partial charge in [0.05, 0.1) is 12.5 Å².